The van der Waals surface area contributed by atoms with E-state index in [2.05, 4.69) is 5.32 Å². The molecule has 1 saturated heterocycles. The normalized spacial score (nSPS) is 22.9. The van der Waals surface area contributed by atoms with Gasteiger partial charge in [0, 0.05) is 23.5 Å². The predicted octanol–water partition coefficient (Wildman–Crippen LogP) is 5.82. The number of hydrogen-bond acceptors (Lipinski definition) is 6. The van der Waals surface area contributed by atoms with Gasteiger partial charge in [0.1, 0.15) is 28.8 Å². The van der Waals surface area contributed by atoms with Crippen LogP contribution in [-0.4, -0.2) is 42.6 Å². The van der Waals surface area contributed by atoms with Gasteiger partial charge in [-0.15, -0.1) is 0 Å². The number of ether oxygens (including phenoxy) is 2. The number of rotatable bonds is 6. The number of carbonyl (C=O) groups is 3. The first-order chi connectivity index (χ1) is 20.9. The minimum atomic E-state index is -1.49. The summed E-state index contributed by atoms with van der Waals surface area (Å²) in [7, 11) is 2.97. The van der Waals surface area contributed by atoms with E-state index < -0.39 is 40.8 Å². The van der Waals surface area contributed by atoms with Crippen LogP contribution in [0.15, 0.2) is 97.2 Å². The monoisotopic (exact) mass is 574 g/mol. The molecule has 43 heavy (non-hydrogen) atoms. The summed E-state index contributed by atoms with van der Waals surface area (Å²) in [6, 6.07) is 23.3. The molecule has 0 aliphatic carbocycles. The molecule has 3 heterocycles. The Hall–Kier alpha value is -5.24. The summed E-state index contributed by atoms with van der Waals surface area (Å²) in [6.07, 6.45) is 3.69. The number of ketones is 2. The van der Waals surface area contributed by atoms with Crippen molar-refractivity contribution in [3.63, 3.8) is 0 Å². The molecule has 0 unspecified atom stereocenters. The van der Waals surface area contributed by atoms with Gasteiger partial charge in [-0.05, 0) is 65.2 Å². The fraction of sp³-hybridized carbons (Fsp3) is 0.171. The number of carbonyl (C=O) groups excluding carboxylic acids is 3. The number of nitrogens with one attached hydrogen (secondary N) is 1. The number of nitrogens with zero attached hydrogens (tertiary/aromatic N) is 1. The summed E-state index contributed by atoms with van der Waals surface area (Å²) >= 11 is 0. The van der Waals surface area contributed by atoms with E-state index in [1.165, 1.54) is 38.5 Å². The van der Waals surface area contributed by atoms with E-state index in [0.29, 0.717) is 17.0 Å². The molecule has 1 fully saturated rings. The molecule has 3 aliphatic heterocycles. The van der Waals surface area contributed by atoms with Crippen molar-refractivity contribution in [2.75, 3.05) is 19.5 Å². The van der Waals surface area contributed by atoms with Crippen LogP contribution in [0.4, 0.5) is 10.1 Å². The summed E-state index contributed by atoms with van der Waals surface area (Å²) in [5, 5.41) is 3.03. The molecule has 3 aliphatic rings. The summed E-state index contributed by atoms with van der Waals surface area (Å²) < 4.78 is 24.9. The topological polar surface area (TPSA) is 84.9 Å². The molecule has 1 amide bonds. The Kier molecular flexibility index (Phi) is 6.16. The Morgan fingerprint density at radius 1 is 0.884 bits per heavy atom. The lowest BCUT2D eigenvalue weighted by Gasteiger charge is -2.38. The van der Waals surface area contributed by atoms with Gasteiger partial charge in [-0.2, -0.15) is 0 Å². The average molecular weight is 575 g/mol. The maximum atomic E-state index is 15.0. The number of hydrogen-bond donors (Lipinski definition) is 1. The van der Waals surface area contributed by atoms with E-state index in [1.807, 2.05) is 59.5 Å². The van der Waals surface area contributed by atoms with Crippen molar-refractivity contribution in [1.82, 2.24) is 4.90 Å². The minimum absolute atomic E-state index is 0.221. The smallest absolute Gasteiger partial charge is 0.238 e. The molecular formula is C35H27FN2O5. The van der Waals surface area contributed by atoms with Crippen molar-refractivity contribution >= 4 is 29.2 Å². The first-order valence-corrected chi connectivity index (χ1v) is 13.9. The lowest BCUT2D eigenvalue weighted by Crippen LogP contribution is -2.49. The molecule has 214 valence electrons. The molecular weight excluding hydrogens is 547 g/mol. The average Bonchev–Trinajstić information content (AvgIpc) is 3.52. The van der Waals surface area contributed by atoms with E-state index in [9.17, 15) is 14.0 Å². The van der Waals surface area contributed by atoms with Gasteiger partial charge >= 0.3 is 0 Å². The van der Waals surface area contributed by atoms with Gasteiger partial charge in [-0.1, -0.05) is 42.5 Å². The molecule has 4 atom stereocenters. The zero-order valence-corrected chi connectivity index (χ0v) is 23.4. The van der Waals surface area contributed by atoms with Crippen LogP contribution in [0.2, 0.25) is 0 Å². The van der Waals surface area contributed by atoms with Gasteiger partial charge in [0.2, 0.25) is 5.91 Å². The quantitative estimate of drug-likeness (QED) is 0.292. The maximum Gasteiger partial charge on any atom is 0.238 e. The molecule has 7 rings (SSSR count). The minimum Gasteiger partial charge on any atom is -0.497 e. The van der Waals surface area contributed by atoms with Crippen molar-refractivity contribution in [2.24, 2.45) is 5.92 Å². The number of fused-ring (bicyclic) bond motifs is 6. The number of methoxy groups -OCH3 is 2. The number of para-hydroxylation sites is 1. The highest BCUT2D eigenvalue weighted by molar-refractivity contribution is 6.17. The third-order valence-electron chi connectivity index (χ3n) is 8.92. The van der Waals surface area contributed by atoms with Crippen LogP contribution in [0.25, 0.3) is 6.08 Å². The Morgan fingerprint density at radius 3 is 2.40 bits per heavy atom. The maximum absolute atomic E-state index is 15.0. The number of amides is 1. The summed E-state index contributed by atoms with van der Waals surface area (Å²) in [5.74, 6) is -2.10. The van der Waals surface area contributed by atoms with Crippen LogP contribution >= 0.6 is 0 Å². The highest BCUT2D eigenvalue weighted by Gasteiger charge is 2.70. The van der Waals surface area contributed by atoms with Gasteiger partial charge in [0.25, 0.3) is 0 Å². The van der Waals surface area contributed by atoms with E-state index in [-0.39, 0.29) is 22.8 Å². The zero-order chi connectivity index (χ0) is 29.9. The van der Waals surface area contributed by atoms with E-state index in [0.717, 1.165) is 11.1 Å². The molecule has 0 saturated carbocycles. The summed E-state index contributed by atoms with van der Waals surface area (Å²) in [4.78, 5) is 46.0. The number of Topliss-reactive ketones (excluding diaryl/α,β-unsaturated/α-hetero) is 2. The van der Waals surface area contributed by atoms with Crippen LogP contribution in [0.3, 0.4) is 0 Å². The lowest BCUT2D eigenvalue weighted by atomic mass is 9.62. The second-order valence-electron chi connectivity index (χ2n) is 10.9. The van der Waals surface area contributed by atoms with Crippen LogP contribution in [0, 0.1) is 11.7 Å². The molecule has 7 nitrogen and oxygen atoms in total. The number of benzene rings is 4. The molecule has 0 aromatic heterocycles. The third kappa shape index (κ3) is 3.75. The van der Waals surface area contributed by atoms with Gasteiger partial charge in [-0.25, -0.2) is 4.39 Å². The molecule has 4 aromatic carbocycles. The van der Waals surface area contributed by atoms with Crippen LogP contribution < -0.4 is 14.8 Å². The van der Waals surface area contributed by atoms with Gasteiger partial charge in [0.05, 0.1) is 31.7 Å². The van der Waals surface area contributed by atoms with Gasteiger partial charge in [0.15, 0.2) is 11.6 Å². The second kappa shape index (κ2) is 9.94. The van der Waals surface area contributed by atoms with Crippen molar-refractivity contribution in [3.05, 3.63) is 131 Å². The van der Waals surface area contributed by atoms with E-state index >= 15 is 4.79 Å². The van der Waals surface area contributed by atoms with E-state index in [4.69, 9.17) is 9.47 Å². The predicted molar refractivity (Wildman–Crippen MR) is 159 cm³/mol. The fourth-order valence-electron chi connectivity index (χ4n) is 7.12. The lowest BCUT2D eigenvalue weighted by molar-refractivity contribution is -0.122. The third-order valence-corrected chi connectivity index (χ3v) is 8.92. The van der Waals surface area contributed by atoms with Crippen LogP contribution in [0.1, 0.15) is 43.4 Å². The SMILES string of the molecule is COc1ccc(C(=O)[C@@H]2[C@H](C(=O)c3ccc(F)cc3)N3C=Cc4ccccc4[C@H]3[C@@]23C(=O)Nc2ccccc23)c(OC)c1. The zero-order valence-electron chi connectivity index (χ0n) is 23.4. The first kappa shape index (κ1) is 26.6. The number of anilines is 1. The fourth-order valence-corrected chi connectivity index (χ4v) is 7.12. The molecule has 0 bridgehead atoms. The van der Waals surface area contributed by atoms with Gasteiger partial charge < -0.3 is 19.7 Å². The standard InChI is InChI=1S/C35H27FN2O5/c1-42-23-15-16-25(28(19-23)43-2)32(40)29-30(31(39)21-11-13-22(36)14-12-21)38-18-17-20-7-3-4-8-24(20)33(38)35(29)26-9-5-6-10-27(26)37-34(35)41/h3-19,29-30,33H,1-2H3,(H,37,41)/t29-,30+,33-,35-/m0/s1. The molecule has 0 radical (unpaired) electrons. The van der Waals surface area contributed by atoms with Crippen LogP contribution in [-0.2, 0) is 10.2 Å². The highest BCUT2D eigenvalue weighted by Crippen LogP contribution is 2.62. The largest absolute Gasteiger partial charge is 0.497 e. The summed E-state index contributed by atoms with van der Waals surface area (Å²) in [5.41, 5.74) is 1.92. The van der Waals surface area contributed by atoms with Crippen molar-refractivity contribution in [2.45, 2.75) is 17.5 Å². The molecule has 8 heteroatoms. The van der Waals surface area contributed by atoms with Crippen LogP contribution in [0.5, 0.6) is 11.5 Å². The molecule has 1 N–H and O–H groups in total. The molecule has 4 aromatic rings. The van der Waals surface area contributed by atoms with Crippen molar-refractivity contribution in [3.8, 4) is 11.5 Å². The molecule has 1 spiro atoms. The number of halogens is 1. The highest BCUT2D eigenvalue weighted by atomic mass is 19.1. The van der Waals surface area contributed by atoms with Gasteiger partial charge in [-0.3, -0.25) is 14.4 Å². The van der Waals surface area contributed by atoms with E-state index in [1.54, 1.807) is 24.4 Å². The first-order valence-electron chi connectivity index (χ1n) is 13.9. The van der Waals surface area contributed by atoms with Crippen molar-refractivity contribution in [1.29, 1.82) is 0 Å². The summed E-state index contributed by atoms with van der Waals surface area (Å²) in [6.45, 7) is 0. The Bertz CT molecular complexity index is 1830. The van der Waals surface area contributed by atoms with Crippen molar-refractivity contribution < 1.29 is 28.2 Å². The Balaban J connectivity index is 1.54. The second-order valence-corrected chi connectivity index (χ2v) is 10.9. The Morgan fingerprint density at radius 2 is 1.63 bits per heavy atom. The Labute approximate surface area is 247 Å².